The third-order valence-corrected chi connectivity index (χ3v) is 4.26. The van der Waals surface area contributed by atoms with Crippen LogP contribution in [0.4, 0.5) is 0 Å². The minimum atomic E-state index is -0.373. The van der Waals surface area contributed by atoms with Crippen molar-refractivity contribution in [1.82, 2.24) is 20.2 Å². The monoisotopic (exact) mass is 330 g/mol. The molecular weight excluding hydrogens is 308 g/mol. The molecule has 24 heavy (non-hydrogen) atoms. The van der Waals surface area contributed by atoms with Gasteiger partial charge in [0.15, 0.2) is 0 Å². The van der Waals surface area contributed by atoms with Crippen LogP contribution in [0.15, 0.2) is 30.6 Å². The molecule has 3 rings (SSSR count). The Balaban J connectivity index is 1.97. The van der Waals surface area contributed by atoms with Gasteiger partial charge in [-0.2, -0.15) is 0 Å². The zero-order chi connectivity index (χ0) is 17.1. The Kier molecular flexibility index (Phi) is 4.71. The van der Waals surface area contributed by atoms with E-state index < -0.39 is 0 Å². The first-order valence-electron chi connectivity index (χ1n) is 7.83. The molecule has 2 aromatic rings. The molecule has 1 aliphatic rings. The van der Waals surface area contributed by atoms with Crippen molar-refractivity contribution in [2.24, 2.45) is 13.0 Å². The zero-order valence-corrected chi connectivity index (χ0v) is 14.1. The maximum Gasteiger partial charge on any atom is 0.226 e. The van der Waals surface area contributed by atoms with Crippen molar-refractivity contribution < 1.29 is 14.3 Å². The molecule has 0 radical (unpaired) electrons. The Morgan fingerprint density at radius 3 is 2.42 bits per heavy atom. The van der Waals surface area contributed by atoms with E-state index in [-0.39, 0.29) is 17.9 Å². The number of methoxy groups -OCH3 is 2. The number of hydrogen-bond acceptors (Lipinski definition) is 5. The summed E-state index contributed by atoms with van der Waals surface area (Å²) in [5, 5.41) is 6.22. The molecule has 2 heterocycles. The molecule has 7 heteroatoms. The second-order valence-electron chi connectivity index (χ2n) is 5.84. The molecule has 0 bridgehead atoms. The lowest BCUT2D eigenvalue weighted by Gasteiger charge is -2.28. The molecule has 0 saturated carbocycles. The van der Waals surface area contributed by atoms with Gasteiger partial charge >= 0.3 is 0 Å². The van der Waals surface area contributed by atoms with Gasteiger partial charge in [0, 0.05) is 38.6 Å². The molecule has 1 fully saturated rings. The number of nitrogens with one attached hydrogen (secondary N) is 2. The van der Waals surface area contributed by atoms with Crippen molar-refractivity contribution in [2.45, 2.75) is 6.04 Å². The zero-order valence-electron chi connectivity index (χ0n) is 14.1. The first-order chi connectivity index (χ1) is 11.6. The fourth-order valence-corrected chi connectivity index (χ4v) is 2.68. The van der Waals surface area contributed by atoms with E-state index in [0.29, 0.717) is 24.6 Å². The summed E-state index contributed by atoms with van der Waals surface area (Å²) in [5.74, 6) is 2.11. The van der Waals surface area contributed by atoms with Crippen molar-refractivity contribution in [2.75, 3.05) is 27.3 Å². The van der Waals surface area contributed by atoms with Gasteiger partial charge in [0.1, 0.15) is 23.4 Å². The number of ether oxygens (including phenoxy) is 2. The molecule has 128 valence electrons. The molecule has 1 saturated heterocycles. The number of carbonyl (C=O) groups excluding carboxylic acids is 1. The minimum absolute atomic E-state index is 0.000252. The number of rotatable bonds is 6. The molecular formula is C17H22N4O3. The highest BCUT2D eigenvalue weighted by molar-refractivity contribution is 5.80. The van der Waals surface area contributed by atoms with E-state index in [1.807, 2.05) is 29.9 Å². The first kappa shape index (κ1) is 16.3. The average Bonchev–Trinajstić information content (AvgIpc) is 2.96. The SMILES string of the molecule is COc1cc(OC)cc(C(NC(=O)C2CNC2)c2nccn2C)c1. The maximum atomic E-state index is 12.5. The summed E-state index contributed by atoms with van der Waals surface area (Å²) in [7, 11) is 5.11. The molecule has 1 atom stereocenters. The van der Waals surface area contributed by atoms with Gasteiger partial charge in [0.2, 0.25) is 5.91 Å². The summed E-state index contributed by atoms with van der Waals surface area (Å²) >= 11 is 0. The fourth-order valence-electron chi connectivity index (χ4n) is 2.68. The first-order valence-corrected chi connectivity index (χ1v) is 7.83. The smallest absolute Gasteiger partial charge is 0.226 e. The van der Waals surface area contributed by atoms with Crippen molar-refractivity contribution in [3.8, 4) is 11.5 Å². The van der Waals surface area contributed by atoms with Crippen molar-refractivity contribution in [3.05, 3.63) is 42.0 Å². The van der Waals surface area contributed by atoms with E-state index in [1.165, 1.54) is 0 Å². The molecule has 1 amide bonds. The Bertz CT molecular complexity index is 702. The van der Waals surface area contributed by atoms with Gasteiger partial charge in [-0.1, -0.05) is 0 Å². The van der Waals surface area contributed by atoms with Crippen LogP contribution in [0.2, 0.25) is 0 Å². The molecule has 0 aliphatic carbocycles. The van der Waals surface area contributed by atoms with Crippen molar-refractivity contribution in [3.63, 3.8) is 0 Å². The van der Waals surface area contributed by atoms with E-state index in [9.17, 15) is 4.79 Å². The number of nitrogens with zero attached hydrogens (tertiary/aromatic N) is 2. The van der Waals surface area contributed by atoms with E-state index in [1.54, 1.807) is 26.5 Å². The summed E-state index contributed by atoms with van der Waals surface area (Å²) in [6, 6.07) is 5.21. The Labute approximate surface area is 141 Å². The number of amides is 1. The van der Waals surface area contributed by atoms with E-state index >= 15 is 0 Å². The topological polar surface area (TPSA) is 77.4 Å². The molecule has 7 nitrogen and oxygen atoms in total. The summed E-state index contributed by atoms with van der Waals surface area (Å²) in [4.78, 5) is 16.9. The largest absolute Gasteiger partial charge is 0.497 e. The second kappa shape index (κ2) is 6.92. The number of benzene rings is 1. The van der Waals surface area contributed by atoms with Gasteiger partial charge in [-0.3, -0.25) is 4.79 Å². The highest BCUT2D eigenvalue weighted by atomic mass is 16.5. The highest BCUT2D eigenvalue weighted by Crippen LogP contribution is 2.29. The number of aromatic nitrogens is 2. The summed E-state index contributed by atoms with van der Waals surface area (Å²) < 4.78 is 12.6. The standard InChI is InChI=1S/C17H22N4O3/c1-21-5-4-19-16(21)15(20-17(22)12-9-18-10-12)11-6-13(23-2)8-14(7-11)24-3/h4-8,12,15,18H,9-10H2,1-3H3,(H,20,22). The Morgan fingerprint density at radius 1 is 1.29 bits per heavy atom. The summed E-state index contributed by atoms with van der Waals surface area (Å²) in [6.07, 6.45) is 3.58. The second-order valence-corrected chi connectivity index (χ2v) is 5.84. The van der Waals surface area contributed by atoms with Crippen LogP contribution in [0.3, 0.4) is 0 Å². The normalized spacial score (nSPS) is 15.5. The van der Waals surface area contributed by atoms with Crippen LogP contribution < -0.4 is 20.1 Å². The van der Waals surface area contributed by atoms with Crippen LogP contribution in [0.25, 0.3) is 0 Å². The van der Waals surface area contributed by atoms with E-state index in [2.05, 4.69) is 15.6 Å². The third kappa shape index (κ3) is 3.21. The van der Waals surface area contributed by atoms with Crippen LogP contribution in [0, 0.1) is 5.92 Å². The summed E-state index contributed by atoms with van der Waals surface area (Å²) in [5.41, 5.74) is 0.862. The predicted octanol–water partition coefficient (Wildman–Crippen LogP) is 0.862. The quantitative estimate of drug-likeness (QED) is 0.821. The average molecular weight is 330 g/mol. The van der Waals surface area contributed by atoms with Crippen molar-refractivity contribution in [1.29, 1.82) is 0 Å². The van der Waals surface area contributed by atoms with Gasteiger partial charge in [-0.05, 0) is 17.7 Å². The fraction of sp³-hybridized carbons (Fsp3) is 0.412. The number of hydrogen-bond donors (Lipinski definition) is 2. The third-order valence-electron chi connectivity index (χ3n) is 4.26. The lowest BCUT2D eigenvalue weighted by atomic mass is 10.00. The minimum Gasteiger partial charge on any atom is -0.497 e. The van der Waals surface area contributed by atoms with Gasteiger partial charge in [0.25, 0.3) is 0 Å². The van der Waals surface area contributed by atoms with Gasteiger partial charge in [0.05, 0.1) is 20.1 Å². The van der Waals surface area contributed by atoms with Crippen LogP contribution >= 0.6 is 0 Å². The van der Waals surface area contributed by atoms with Crippen LogP contribution in [-0.2, 0) is 11.8 Å². The van der Waals surface area contributed by atoms with Gasteiger partial charge in [-0.25, -0.2) is 4.98 Å². The van der Waals surface area contributed by atoms with Crippen LogP contribution in [-0.4, -0.2) is 42.8 Å². The highest BCUT2D eigenvalue weighted by Gasteiger charge is 2.29. The molecule has 1 unspecified atom stereocenters. The lowest BCUT2D eigenvalue weighted by molar-refractivity contribution is -0.127. The van der Waals surface area contributed by atoms with Gasteiger partial charge < -0.3 is 24.7 Å². The summed E-state index contributed by atoms with van der Waals surface area (Å²) in [6.45, 7) is 1.42. The van der Waals surface area contributed by atoms with E-state index in [4.69, 9.17) is 9.47 Å². The Hall–Kier alpha value is -2.54. The molecule has 1 aromatic heterocycles. The molecule has 2 N–H and O–H groups in total. The van der Waals surface area contributed by atoms with Gasteiger partial charge in [-0.15, -0.1) is 0 Å². The maximum absolute atomic E-state index is 12.5. The number of imidazole rings is 1. The van der Waals surface area contributed by atoms with Crippen LogP contribution in [0.5, 0.6) is 11.5 Å². The Morgan fingerprint density at radius 2 is 1.96 bits per heavy atom. The molecule has 1 aromatic carbocycles. The number of aryl methyl sites for hydroxylation is 1. The van der Waals surface area contributed by atoms with E-state index in [0.717, 1.165) is 11.4 Å². The van der Waals surface area contributed by atoms with Crippen LogP contribution in [0.1, 0.15) is 17.4 Å². The molecule has 0 spiro atoms. The van der Waals surface area contributed by atoms with Crippen molar-refractivity contribution >= 4 is 5.91 Å². The molecule has 1 aliphatic heterocycles. The predicted molar refractivity (Wildman–Crippen MR) is 89.1 cm³/mol. The lowest BCUT2D eigenvalue weighted by Crippen LogP contribution is -2.51. The number of carbonyl (C=O) groups is 1.